The molecule has 2 rings (SSSR count). The van der Waals surface area contributed by atoms with Gasteiger partial charge in [-0.2, -0.15) is 5.48 Å². The maximum Gasteiger partial charge on any atom is 0.372 e. The van der Waals surface area contributed by atoms with Gasteiger partial charge in [0.15, 0.2) is 0 Å². The Kier molecular flexibility index (Phi) is 5.43. The number of aryl methyl sites for hydroxylation is 1. The standard InChI is InChI=1S/C13H8Br2ClNO3S/c1-6-2-3-9(16)7(4-6)12(18)17-20-13(19)10-5-8(14)11(15)21-10/h2-5H,1H3,(H,17,18). The van der Waals surface area contributed by atoms with Crippen LogP contribution in [0.1, 0.15) is 25.6 Å². The maximum absolute atomic E-state index is 11.9. The minimum absolute atomic E-state index is 0.248. The van der Waals surface area contributed by atoms with Crippen molar-refractivity contribution in [1.29, 1.82) is 0 Å². The number of hydrogen-bond donors (Lipinski definition) is 1. The van der Waals surface area contributed by atoms with E-state index in [0.29, 0.717) is 4.88 Å². The van der Waals surface area contributed by atoms with Gasteiger partial charge in [0, 0.05) is 4.47 Å². The molecule has 0 saturated carbocycles. The molecule has 21 heavy (non-hydrogen) atoms. The minimum atomic E-state index is -0.650. The number of rotatable bonds is 2. The molecule has 2 aromatic rings. The topological polar surface area (TPSA) is 55.4 Å². The third kappa shape index (κ3) is 4.06. The molecule has 1 heterocycles. The third-order valence-electron chi connectivity index (χ3n) is 2.45. The fraction of sp³-hybridized carbons (Fsp3) is 0.0769. The van der Waals surface area contributed by atoms with Crippen LogP contribution in [-0.4, -0.2) is 11.9 Å². The maximum atomic E-state index is 11.9. The van der Waals surface area contributed by atoms with E-state index in [2.05, 4.69) is 37.3 Å². The van der Waals surface area contributed by atoms with Crippen LogP contribution in [0.3, 0.4) is 0 Å². The zero-order valence-electron chi connectivity index (χ0n) is 10.6. The normalized spacial score (nSPS) is 10.3. The number of benzene rings is 1. The number of carbonyl (C=O) groups is 2. The highest BCUT2D eigenvalue weighted by atomic mass is 79.9. The lowest BCUT2D eigenvalue weighted by molar-refractivity contribution is 0.0235. The van der Waals surface area contributed by atoms with Crippen molar-refractivity contribution in [1.82, 2.24) is 5.48 Å². The number of amides is 1. The van der Waals surface area contributed by atoms with Crippen LogP contribution >= 0.6 is 54.8 Å². The van der Waals surface area contributed by atoms with E-state index in [1.807, 2.05) is 6.92 Å². The Hall–Kier alpha value is -0.890. The number of halogens is 3. The Morgan fingerprint density at radius 1 is 1.29 bits per heavy atom. The zero-order chi connectivity index (χ0) is 15.6. The molecule has 1 aromatic heterocycles. The van der Waals surface area contributed by atoms with E-state index >= 15 is 0 Å². The second-order valence-corrected chi connectivity index (χ2v) is 7.67. The van der Waals surface area contributed by atoms with Crippen LogP contribution in [0.5, 0.6) is 0 Å². The highest BCUT2D eigenvalue weighted by Gasteiger charge is 2.17. The van der Waals surface area contributed by atoms with Crippen molar-refractivity contribution >= 4 is 66.7 Å². The summed E-state index contributed by atoms with van der Waals surface area (Å²) < 4.78 is 1.51. The van der Waals surface area contributed by atoms with Crippen molar-refractivity contribution in [3.05, 3.63) is 53.6 Å². The largest absolute Gasteiger partial charge is 0.372 e. The molecule has 8 heteroatoms. The van der Waals surface area contributed by atoms with Crippen molar-refractivity contribution < 1.29 is 14.4 Å². The van der Waals surface area contributed by atoms with Crippen molar-refractivity contribution in [3.8, 4) is 0 Å². The summed E-state index contributed by atoms with van der Waals surface area (Å²) in [6, 6.07) is 6.61. The summed E-state index contributed by atoms with van der Waals surface area (Å²) in [4.78, 5) is 28.9. The average Bonchev–Trinajstić information content (AvgIpc) is 2.78. The van der Waals surface area contributed by atoms with Crippen molar-refractivity contribution in [2.24, 2.45) is 0 Å². The summed E-state index contributed by atoms with van der Waals surface area (Å²) >= 11 is 13.7. The first-order chi connectivity index (χ1) is 9.88. The molecule has 0 fully saturated rings. The molecule has 0 saturated heterocycles. The van der Waals surface area contributed by atoms with Gasteiger partial charge < -0.3 is 4.84 Å². The van der Waals surface area contributed by atoms with Gasteiger partial charge in [-0.1, -0.05) is 23.2 Å². The summed E-state index contributed by atoms with van der Waals surface area (Å²) in [5.41, 5.74) is 3.22. The molecule has 4 nitrogen and oxygen atoms in total. The first kappa shape index (κ1) is 16.5. The average molecular weight is 454 g/mol. The number of hydrogen-bond acceptors (Lipinski definition) is 4. The van der Waals surface area contributed by atoms with Gasteiger partial charge in [-0.15, -0.1) is 11.3 Å². The summed E-state index contributed by atoms with van der Waals surface area (Å²) in [6.45, 7) is 1.83. The zero-order valence-corrected chi connectivity index (χ0v) is 15.3. The van der Waals surface area contributed by atoms with Gasteiger partial charge in [0.2, 0.25) is 0 Å². The van der Waals surface area contributed by atoms with E-state index in [4.69, 9.17) is 16.4 Å². The molecular formula is C13H8Br2ClNO3S. The van der Waals surface area contributed by atoms with E-state index in [-0.39, 0.29) is 10.6 Å². The summed E-state index contributed by atoms with van der Waals surface area (Å²) in [5, 5.41) is 0.288. The third-order valence-corrected chi connectivity index (χ3v) is 6.02. The molecule has 1 amide bonds. The highest BCUT2D eigenvalue weighted by molar-refractivity contribution is 9.13. The monoisotopic (exact) mass is 451 g/mol. The molecule has 0 unspecified atom stereocenters. The lowest BCUT2D eigenvalue weighted by atomic mass is 10.1. The smallest absolute Gasteiger partial charge is 0.334 e. The molecule has 1 aromatic carbocycles. The lowest BCUT2D eigenvalue weighted by Crippen LogP contribution is -2.27. The molecular weight excluding hydrogens is 445 g/mol. The highest BCUT2D eigenvalue weighted by Crippen LogP contribution is 2.32. The molecule has 0 aliphatic carbocycles. The summed E-state index contributed by atoms with van der Waals surface area (Å²) in [5.74, 6) is -1.23. The van der Waals surface area contributed by atoms with Crippen molar-refractivity contribution in [2.75, 3.05) is 0 Å². The van der Waals surface area contributed by atoms with Crippen LogP contribution in [0, 0.1) is 6.92 Å². The molecule has 0 bridgehead atoms. The van der Waals surface area contributed by atoms with E-state index < -0.39 is 11.9 Å². The van der Waals surface area contributed by atoms with Gasteiger partial charge in [0.1, 0.15) is 4.88 Å². The lowest BCUT2D eigenvalue weighted by Gasteiger charge is -2.06. The van der Waals surface area contributed by atoms with E-state index in [1.54, 1.807) is 24.3 Å². The first-order valence-electron chi connectivity index (χ1n) is 5.61. The van der Waals surface area contributed by atoms with Gasteiger partial charge in [-0.25, -0.2) is 4.79 Å². The first-order valence-corrected chi connectivity index (χ1v) is 8.39. The van der Waals surface area contributed by atoms with E-state index in [0.717, 1.165) is 13.8 Å². The Bertz CT molecular complexity index is 698. The number of carbonyl (C=O) groups excluding carboxylic acids is 2. The van der Waals surface area contributed by atoms with Crippen LogP contribution in [0.4, 0.5) is 0 Å². The SMILES string of the molecule is Cc1ccc(Cl)c(C(=O)NOC(=O)c2cc(Br)c(Br)s2)c1. The van der Waals surface area contributed by atoms with E-state index in [9.17, 15) is 9.59 Å². The molecule has 0 aliphatic rings. The van der Waals surface area contributed by atoms with Gasteiger partial charge in [-0.05, 0) is 57.0 Å². The predicted octanol–water partition coefficient (Wildman–Crippen LogP) is 4.74. The summed E-state index contributed by atoms with van der Waals surface area (Å²) in [7, 11) is 0. The number of thiophene rings is 1. The van der Waals surface area contributed by atoms with Crippen LogP contribution in [0.2, 0.25) is 5.02 Å². The van der Waals surface area contributed by atoms with Crippen molar-refractivity contribution in [2.45, 2.75) is 6.92 Å². The molecule has 0 atom stereocenters. The molecule has 0 aliphatic heterocycles. The fourth-order valence-corrected chi connectivity index (χ4v) is 3.57. The predicted molar refractivity (Wildman–Crippen MR) is 88.8 cm³/mol. The Morgan fingerprint density at radius 2 is 2.00 bits per heavy atom. The van der Waals surface area contributed by atoms with Crippen LogP contribution in [0.25, 0.3) is 0 Å². The molecule has 110 valence electrons. The Morgan fingerprint density at radius 3 is 2.62 bits per heavy atom. The Balaban J connectivity index is 2.04. The quantitative estimate of drug-likeness (QED) is 0.669. The molecule has 0 spiro atoms. The summed E-state index contributed by atoms with van der Waals surface area (Å²) in [6.07, 6.45) is 0. The van der Waals surface area contributed by atoms with Crippen LogP contribution in [-0.2, 0) is 4.84 Å². The molecule has 1 N–H and O–H groups in total. The van der Waals surface area contributed by atoms with Gasteiger partial charge in [0.05, 0.1) is 14.4 Å². The van der Waals surface area contributed by atoms with Gasteiger partial charge in [0.25, 0.3) is 5.91 Å². The number of hydroxylamine groups is 1. The second kappa shape index (κ2) is 6.91. The van der Waals surface area contributed by atoms with Gasteiger partial charge in [-0.3, -0.25) is 4.79 Å². The molecule has 0 radical (unpaired) electrons. The fourth-order valence-electron chi connectivity index (χ4n) is 1.46. The van der Waals surface area contributed by atoms with Crippen LogP contribution in [0.15, 0.2) is 32.5 Å². The second-order valence-electron chi connectivity index (χ2n) is 4.04. The minimum Gasteiger partial charge on any atom is -0.334 e. The van der Waals surface area contributed by atoms with Gasteiger partial charge >= 0.3 is 5.97 Å². The van der Waals surface area contributed by atoms with Crippen molar-refractivity contribution in [3.63, 3.8) is 0 Å². The van der Waals surface area contributed by atoms with E-state index in [1.165, 1.54) is 11.3 Å². The van der Waals surface area contributed by atoms with Crippen LogP contribution < -0.4 is 5.48 Å². The Labute approximate surface area is 146 Å². The number of nitrogens with one attached hydrogen (secondary N) is 1.